The van der Waals surface area contributed by atoms with E-state index >= 15 is 0 Å². The van der Waals surface area contributed by atoms with Crippen molar-refractivity contribution in [3.8, 4) is 0 Å². The molecule has 2 aromatic carbocycles. The van der Waals surface area contributed by atoms with Crippen molar-refractivity contribution in [3.05, 3.63) is 75.8 Å². The van der Waals surface area contributed by atoms with E-state index in [-0.39, 0.29) is 24.1 Å². The molecule has 1 aliphatic heterocycles. The first-order valence-corrected chi connectivity index (χ1v) is 9.31. The number of benzene rings is 2. The molecule has 27 heavy (non-hydrogen) atoms. The Labute approximate surface area is 159 Å². The Kier molecular flexibility index (Phi) is 6.19. The first-order valence-electron chi connectivity index (χ1n) is 9.31. The Balaban J connectivity index is 1.76. The zero-order chi connectivity index (χ0) is 19.2. The molecule has 1 heterocycles. The lowest BCUT2D eigenvalue weighted by Gasteiger charge is -2.32. The van der Waals surface area contributed by atoms with Gasteiger partial charge in [0.2, 0.25) is 5.91 Å². The summed E-state index contributed by atoms with van der Waals surface area (Å²) in [4.78, 5) is 27.6. The van der Waals surface area contributed by atoms with Crippen LogP contribution in [-0.4, -0.2) is 47.3 Å². The van der Waals surface area contributed by atoms with Gasteiger partial charge >= 0.3 is 0 Å². The van der Waals surface area contributed by atoms with Crippen molar-refractivity contribution in [1.29, 1.82) is 0 Å². The van der Waals surface area contributed by atoms with Crippen LogP contribution in [0, 0.1) is 10.1 Å². The summed E-state index contributed by atoms with van der Waals surface area (Å²) in [6.07, 6.45) is 2.56. The number of likely N-dealkylation sites (tertiary alicyclic amines) is 1. The number of nitro benzene ring substituents is 1. The lowest BCUT2D eigenvalue weighted by atomic mass is 10.0. The van der Waals surface area contributed by atoms with Gasteiger partial charge in [0.05, 0.1) is 17.4 Å². The second-order valence-corrected chi connectivity index (χ2v) is 7.04. The zero-order valence-electron chi connectivity index (χ0n) is 15.6. The third-order valence-corrected chi connectivity index (χ3v) is 5.15. The number of nitro groups is 1. The normalized spacial score (nSPS) is 15.4. The number of carbonyl (C=O) groups is 1. The molecule has 1 aliphatic rings. The molecule has 1 atom stereocenters. The molecule has 0 unspecified atom stereocenters. The Bertz CT molecular complexity index is 788. The smallest absolute Gasteiger partial charge is 0.269 e. The molecule has 6 heteroatoms. The molecule has 0 spiro atoms. The summed E-state index contributed by atoms with van der Waals surface area (Å²) < 4.78 is 0. The van der Waals surface area contributed by atoms with E-state index in [0.29, 0.717) is 5.56 Å². The predicted molar refractivity (Wildman–Crippen MR) is 104 cm³/mol. The molecule has 1 fully saturated rings. The van der Waals surface area contributed by atoms with Gasteiger partial charge in [-0.1, -0.05) is 42.5 Å². The molecule has 2 aromatic rings. The molecule has 0 aliphatic carbocycles. The molecular formula is C21H25N3O3. The van der Waals surface area contributed by atoms with Crippen LogP contribution in [0.3, 0.4) is 0 Å². The second kappa shape index (κ2) is 8.77. The molecule has 1 saturated heterocycles. The van der Waals surface area contributed by atoms with Crippen LogP contribution in [0.25, 0.3) is 0 Å². The highest BCUT2D eigenvalue weighted by molar-refractivity contribution is 5.79. The van der Waals surface area contributed by atoms with Crippen LogP contribution in [0.5, 0.6) is 0 Å². The van der Waals surface area contributed by atoms with Crippen LogP contribution in [0.1, 0.15) is 30.0 Å². The van der Waals surface area contributed by atoms with Gasteiger partial charge in [0.25, 0.3) is 5.69 Å². The maximum Gasteiger partial charge on any atom is 0.269 e. The van der Waals surface area contributed by atoms with Gasteiger partial charge in [0, 0.05) is 25.7 Å². The zero-order valence-corrected chi connectivity index (χ0v) is 15.6. The SMILES string of the molecule is CN(C(=O)Cc1cccc([N+](=O)[O-])c1)[C@H](CN1CCCC1)c1ccccc1. The van der Waals surface area contributed by atoms with Gasteiger partial charge < -0.3 is 9.80 Å². The number of non-ortho nitro benzene ring substituents is 1. The number of hydrogen-bond donors (Lipinski definition) is 0. The maximum absolute atomic E-state index is 12.9. The van der Waals surface area contributed by atoms with Crippen molar-refractivity contribution in [2.24, 2.45) is 0 Å². The average Bonchev–Trinajstić information content (AvgIpc) is 3.19. The average molecular weight is 367 g/mol. The lowest BCUT2D eigenvalue weighted by molar-refractivity contribution is -0.384. The van der Waals surface area contributed by atoms with Crippen molar-refractivity contribution in [2.75, 3.05) is 26.7 Å². The number of carbonyl (C=O) groups excluding carboxylic acids is 1. The topological polar surface area (TPSA) is 66.7 Å². The highest BCUT2D eigenvalue weighted by Gasteiger charge is 2.25. The minimum atomic E-state index is -0.433. The molecule has 0 radical (unpaired) electrons. The van der Waals surface area contributed by atoms with E-state index in [4.69, 9.17) is 0 Å². The standard InChI is InChI=1S/C21H25N3O3/c1-22(21(25)15-17-8-7-11-19(14-17)24(26)27)20(16-23-12-5-6-13-23)18-9-3-2-4-10-18/h2-4,7-11,14,20H,5-6,12-13,15-16H2,1H3/t20-/m1/s1. The van der Waals surface area contributed by atoms with E-state index < -0.39 is 4.92 Å². The summed E-state index contributed by atoms with van der Waals surface area (Å²) >= 11 is 0. The minimum Gasteiger partial charge on any atom is -0.337 e. The Morgan fingerprint density at radius 3 is 2.52 bits per heavy atom. The Morgan fingerprint density at radius 1 is 1.15 bits per heavy atom. The van der Waals surface area contributed by atoms with Gasteiger partial charge in [-0.05, 0) is 37.1 Å². The molecule has 0 saturated carbocycles. The minimum absolute atomic E-state index is 0.0135. The van der Waals surface area contributed by atoms with Crippen molar-refractivity contribution >= 4 is 11.6 Å². The molecule has 6 nitrogen and oxygen atoms in total. The fourth-order valence-corrected chi connectivity index (χ4v) is 3.59. The van der Waals surface area contributed by atoms with E-state index in [1.807, 2.05) is 25.2 Å². The number of likely N-dealkylation sites (N-methyl/N-ethyl adjacent to an activating group) is 1. The van der Waals surface area contributed by atoms with Crippen molar-refractivity contribution < 1.29 is 9.72 Å². The second-order valence-electron chi connectivity index (χ2n) is 7.04. The summed E-state index contributed by atoms with van der Waals surface area (Å²) in [5, 5.41) is 11.0. The van der Waals surface area contributed by atoms with Crippen molar-refractivity contribution in [1.82, 2.24) is 9.80 Å². The monoisotopic (exact) mass is 367 g/mol. The van der Waals surface area contributed by atoms with Gasteiger partial charge in [-0.25, -0.2) is 0 Å². The fraction of sp³-hybridized carbons (Fsp3) is 0.381. The van der Waals surface area contributed by atoms with Gasteiger partial charge in [0.15, 0.2) is 0 Å². The number of hydrogen-bond acceptors (Lipinski definition) is 4. The first-order chi connectivity index (χ1) is 13.0. The molecule has 142 valence electrons. The third kappa shape index (κ3) is 4.92. The Hall–Kier alpha value is -2.73. The molecule has 1 amide bonds. The molecule has 0 aromatic heterocycles. The van der Waals surface area contributed by atoms with Gasteiger partial charge in [-0.15, -0.1) is 0 Å². The van der Waals surface area contributed by atoms with Crippen LogP contribution >= 0.6 is 0 Å². The third-order valence-electron chi connectivity index (χ3n) is 5.15. The first kappa shape index (κ1) is 19.0. The van der Waals surface area contributed by atoms with E-state index in [2.05, 4.69) is 17.0 Å². The summed E-state index contributed by atoms with van der Waals surface area (Å²) in [6.45, 7) is 2.94. The van der Waals surface area contributed by atoms with E-state index in [9.17, 15) is 14.9 Å². The summed E-state index contributed by atoms with van der Waals surface area (Å²) in [7, 11) is 1.83. The van der Waals surface area contributed by atoms with Crippen LogP contribution in [0.2, 0.25) is 0 Å². The molecular weight excluding hydrogens is 342 g/mol. The quantitative estimate of drug-likeness (QED) is 0.555. The van der Waals surface area contributed by atoms with Crippen LogP contribution in [0.15, 0.2) is 54.6 Å². The number of rotatable bonds is 7. The predicted octanol–water partition coefficient (Wildman–Crippen LogP) is 3.43. The summed E-state index contributed by atoms with van der Waals surface area (Å²) in [6, 6.07) is 16.3. The van der Waals surface area contributed by atoms with E-state index in [0.717, 1.165) is 25.2 Å². The lowest BCUT2D eigenvalue weighted by Crippen LogP contribution is -2.39. The van der Waals surface area contributed by atoms with Gasteiger partial charge in [-0.2, -0.15) is 0 Å². The van der Waals surface area contributed by atoms with Gasteiger partial charge in [-0.3, -0.25) is 14.9 Å². The maximum atomic E-state index is 12.9. The highest BCUT2D eigenvalue weighted by Crippen LogP contribution is 2.24. The van der Waals surface area contributed by atoms with Crippen molar-refractivity contribution in [3.63, 3.8) is 0 Å². The summed E-state index contributed by atoms with van der Waals surface area (Å²) in [5.41, 5.74) is 1.79. The fourth-order valence-electron chi connectivity index (χ4n) is 3.59. The summed E-state index contributed by atoms with van der Waals surface area (Å²) in [5.74, 6) is -0.0384. The van der Waals surface area contributed by atoms with E-state index in [1.54, 1.807) is 17.0 Å². The van der Waals surface area contributed by atoms with Crippen molar-refractivity contribution in [2.45, 2.75) is 25.3 Å². The van der Waals surface area contributed by atoms with Crippen LogP contribution < -0.4 is 0 Å². The van der Waals surface area contributed by atoms with Crippen LogP contribution in [-0.2, 0) is 11.2 Å². The molecule has 0 N–H and O–H groups in total. The van der Waals surface area contributed by atoms with Gasteiger partial charge in [0.1, 0.15) is 0 Å². The number of amides is 1. The van der Waals surface area contributed by atoms with Crippen LogP contribution in [0.4, 0.5) is 5.69 Å². The Morgan fingerprint density at radius 2 is 1.85 bits per heavy atom. The highest BCUT2D eigenvalue weighted by atomic mass is 16.6. The molecule has 0 bridgehead atoms. The van der Waals surface area contributed by atoms with E-state index in [1.165, 1.54) is 25.0 Å². The molecule has 3 rings (SSSR count). The number of nitrogens with zero attached hydrogens (tertiary/aromatic N) is 3. The largest absolute Gasteiger partial charge is 0.337 e.